The largest absolute Gasteiger partial charge is 0.507 e. The number of hydrogen-bond donors (Lipinski definition) is 8. The molecule has 0 bridgehead atoms. The lowest BCUT2D eigenvalue weighted by Gasteiger charge is -2.14. The summed E-state index contributed by atoms with van der Waals surface area (Å²) in [5.74, 6) is -1.46. The molecule has 0 heterocycles. The van der Waals surface area contributed by atoms with Crippen LogP contribution in [0.3, 0.4) is 0 Å². The number of phenols is 2. The van der Waals surface area contributed by atoms with Gasteiger partial charge in [-0.05, 0) is 122 Å². The number of aromatic hydroxyl groups is 2. The number of amides is 4. The molecule has 0 aliphatic rings. The first-order chi connectivity index (χ1) is 25.4. The van der Waals surface area contributed by atoms with Crippen molar-refractivity contribution in [2.24, 2.45) is 0 Å². The highest BCUT2D eigenvalue weighted by Gasteiger charge is 2.18. The first kappa shape index (κ1) is 37.2. The van der Waals surface area contributed by atoms with E-state index in [0.717, 1.165) is 24.3 Å². The molecule has 6 aromatic carbocycles. The quantitative estimate of drug-likeness (QED) is 0.0600. The molecule has 0 fully saturated rings. The van der Waals surface area contributed by atoms with E-state index in [2.05, 4.69) is 21.3 Å². The Morgan fingerprint density at radius 2 is 0.833 bits per heavy atom. The van der Waals surface area contributed by atoms with Crippen molar-refractivity contribution < 1.29 is 50.5 Å². The van der Waals surface area contributed by atoms with Crippen molar-refractivity contribution in [3.05, 3.63) is 119 Å². The molecule has 17 heteroatoms. The third-order valence-electron chi connectivity index (χ3n) is 8.50. The Kier molecular flexibility index (Phi) is 9.74. The molecule has 0 unspecified atom stereocenters. The molecule has 0 atom stereocenters. The number of carbonyl (C=O) groups excluding carboxylic acids is 3. The van der Waals surface area contributed by atoms with Crippen molar-refractivity contribution in [1.82, 2.24) is 0 Å². The van der Waals surface area contributed by atoms with Crippen LogP contribution >= 0.6 is 0 Å². The Balaban J connectivity index is 1.13. The molecule has 0 radical (unpaired) electrons. The van der Waals surface area contributed by atoms with E-state index >= 15 is 0 Å². The molecular weight excluding hydrogens is 741 g/mol. The Morgan fingerprint density at radius 1 is 0.463 bits per heavy atom. The molecule has 0 aliphatic carbocycles. The van der Waals surface area contributed by atoms with Crippen LogP contribution in [0, 0.1) is 13.8 Å². The number of rotatable bonds is 8. The zero-order chi connectivity index (χ0) is 39.1. The average molecular weight is 771 g/mol. The second-order valence-electron chi connectivity index (χ2n) is 12.2. The van der Waals surface area contributed by atoms with Gasteiger partial charge in [-0.2, -0.15) is 16.8 Å². The summed E-state index contributed by atoms with van der Waals surface area (Å²) in [5, 5.41) is 32.1. The maximum Gasteiger partial charge on any atom is 0.323 e. The summed E-state index contributed by atoms with van der Waals surface area (Å²) in [6.07, 6.45) is 0. The van der Waals surface area contributed by atoms with Crippen LogP contribution in [-0.2, 0) is 20.2 Å². The number of benzene rings is 6. The maximum absolute atomic E-state index is 13.2. The monoisotopic (exact) mass is 770 g/mol. The van der Waals surface area contributed by atoms with Gasteiger partial charge in [-0.15, -0.1) is 0 Å². The number of phenolic OH excluding ortho intramolecular Hbond substituents is 2. The van der Waals surface area contributed by atoms with Crippen molar-refractivity contribution in [3.8, 4) is 11.5 Å². The summed E-state index contributed by atoms with van der Waals surface area (Å²) in [7, 11) is -9.10. The first-order valence-electron chi connectivity index (χ1n) is 15.8. The highest BCUT2D eigenvalue weighted by molar-refractivity contribution is 7.86. The number of nitrogens with one attached hydrogen (secondary N) is 4. The third-order valence-corrected chi connectivity index (χ3v) is 10.2. The molecule has 54 heavy (non-hydrogen) atoms. The van der Waals surface area contributed by atoms with Crippen LogP contribution in [0.2, 0.25) is 0 Å². The summed E-state index contributed by atoms with van der Waals surface area (Å²) < 4.78 is 65.6. The van der Waals surface area contributed by atoms with Gasteiger partial charge in [-0.25, -0.2) is 4.79 Å². The topological polar surface area (TPSA) is 249 Å². The van der Waals surface area contributed by atoms with Gasteiger partial charge >= 0.3 is 6.03 Å². The van der Waals surface area contributed by atoms with Crippen molar-refractivity contribution in [2.75, 3.05) is 21.3 Å². The Hall–Kier alpha value is -6.53. The zero-order valence-electron chi connectivity index (χ0n) is 28.2. The fourth-order valence-corrected chi connectivity index (χ4v) is 6.73. The molecule has 6 rings (SSSR count). The molecule has 276 valence electrons. The van der Waals surface area contributed by atoms with Crippen LogP contribution in [0.1, 0.15) is 31.8 Å². The summed E-state index contributed by atoms with van der Waals surface area (Å²) in [6, 6.07) is 21.0. The van der Waals surface area contributed by atoms with Gasteiger partial charge in [0.2, 0.25) is 0 Å². The summed E-state index contributed by atoms with van der Waals surface area (Å²) in [5.41, 5.74) is 2.57. The molecule has 0 spiro atoms. The summed E-state index contributed by atoms with van der Waals surface area (Å²) in [6.45, 7) is 3.33. The molecule has 0 saturated heterocycles. The molecule has 0 aliphatic heterocycles. The van der Waals surface area contributed by atoms with Crippen molar-refractivity contribution in [2.45, 2.75) is 23.6 Å². The van der Waals surface area contributed by atoms with Gasteiger partial charge in [0.15, 0.2) is 0 Å². The molecule has 0 aromatic heterocycles. The van der Waals surface area contributed by atoms with Crippen molar-refractivity contribution >= 4 is 82.4 Å². The molecule has 0 saturated carbocycles. The van der Waals surface area contributed by atoms with Crippen LogP contribution in [-0.4, -0.2) is 54.0 Å². The first-order valence-corrected chi connectivity index (χ1v) is 18.7. The van der Waals surface area contributed by atoms with E-state index in [-0.39, 0.29) is 55.5 Å². The summed E-state index contributed by atoms with van der Waals surface area (Å²) in [4.78, 5) is 38.5. The smallest absolute Gasteiger partial charge is 0.323 e. The van der Waals surface area contributed by atoms with E-state index in [1.165, 1.54) is 72.8 Å². The van der Waals surface area contributed by atoms with Crippen LogP contribution < -0.4 is 21.3 Å². The van der Waals surface area contributed by atoms with Gasteiger partial charge in [0.05, 0.1) is 9.79 Å². The van der Waals surface area contributed by atoms with Gasteiger partial charge in [-0.3, -0.25) is 18.7 Å². The molecule has 8 N–H and O–H groups in total. The number of urea groups is 1. The Labute approximate surface area is 307 Å². The highest BCUT2D eigenvalue weighted by atomic mass is 32.2. The SMILES string of the molecule is Cc1cc(C(=O)Nc2ccc(O)c3ccc(S(=O)(=O)O)cc23)ccc1NC(=O)Nc1ccc(C(=O)Nc2ccc(O)c3ccc(S(=O)(=O)O)cc23)cc1C. The molecule has 4 amide bonds. The van der Waals surface area contributed by atoms with E-state index in [0.29, 0.717) is 22.5 Å². The number of aryl methyl sites for hydroxylation is 2. The molecule has 15 nitrogen and oxygen atoms in total. The fraction of sp³-hybridized carbons (Fsp3) is 0.0541. The van der Waals surface area contributed by atoms with Crippen LogP contribution in [0.25, 0.3) is 21.5 Å². The van der Waals surface area contributed by atoms with E-state index in [1.54, 1.807) is 13.8 Å². The highest BCUT2D eigenvalue weighted by Crippen LogP contribution is 2.35. The van der Waals surface area contributed by atoms with Crippen LogP contribution in [0.4, 0.5) is 27.5 Å². The lowest BCUT2D eigenvalue weighted by atomic mass is 10.1. The number of anilines is 4. The minimum atomic E-state index is -4.55. The fourth-order valence-electron chi connectivity index (χ4n) is 5.72. The molecular formula is C37H30N4O11S2. The lowest BCUT2D eigenvalue weighted by Crippen LogP contribution is -2.21. The van der Waals surface area contributed by atoms with Gasteiger partial charge in [0.1, 0.15) is 11.5 Å². The van der Waals surface area contributed by atoms with Crippen LogP contribution in [0.15, 0.2) is 107 Å². The van der Waals surface area contributed by atoms with Gasteiger partial charge in [-0.1, -0.05) is 0 Å². The van der Waals surface area contributed by atoms with Gasteiger partial charge < -0.3 is 31.5 Å². The Morgan fingerprint density at radius 3 is 1.19 bits per heavy atom. The lowest BCUT2D eigenvalue weighted by molar-refractivity contribution is 0.101. The average Bonchev–Trinajstić information content (AvgIpc) is 3.11. The number of fused-ring (bicyclic) bond motifs is 2. The van der Waals surface area contributed by atoms with Gasteiger partial charge in [0.25, 0.3) is 32.1 Å². The number of hydrogen-bond acceptors (Lipinski definition) is 9. The van der Waals surface area contributed by atoms with Crippen molar-refractivity contribution in [1.29, 1.82) is 0 Å². The van der Waals surface area contributed by atoms with Crippen LogP contribution in [0.5, 0.6) is 11.5 Å². The predicted molar refractivity (Wildman–Crippen MR) is 202 cm³/mol. The maximum atomic E-state index is 13.2. The second kappa shape index (κ2) is 14.1. The standard InChI is InChI=1S/C37H30N4O11S2/c1-19-15-21(35(44)38-31-11-13-33(42)25-7-5-23(17-27(25)31)53(47,48)49)3-9-29(19)40-37(46)41-30-10-4-22(16-20(30)2)36(45)39-32-12-14-34(43)26-8-6-24(18-28(26)32)54(50,51)52/h3-18,42-43H,1-2H3,(H,38,44)(H,39,45)(H2,40,41,46)(H,47,48,49)(H,50,51,52). The Bertz CT molecular complexity index is 2600. The number of carbonyl (C=O) groups is 3. The third kappa shape index (κ3) is 7.79. The normalized spacial score (nSPS) is 11.6. The van der Waals surface area contributed by atoms with E-state index < -0.39 is 47.9 Å². The van der Waals surface area contributed by atoms with E-state index in [4.69, 9.17) is 0 Å². The minimum absolute atomic E-state index is 0.160. The molecule has 6 aromatic rings. The minimum Gasteiger partial charge on any atom is -0.507 e. The van der Waals surface area contributed by atoms with Gasteiger partial charge in [0, 0.05) is 55.4 Å². The van der Waals surface area contributed by atoms with E-state index in [9.17, 15) is 50.5 Å². The summed E-state index contributed by atoms with van der Waals surface area (Å²) >= 11 is 0. The van der Waals surface area contributed by atoms with E-state index in [1.807, 2.05) is 0 Å². The second-order valence-corrected chi connectivity index (χ2v) is 15.0. The predicted octanol–water partition coefficient (Wildman–Crippen LogP) is 6.66. The van der Waals surface area contributed by atoms with Crippen molar-refractivity contribution in [3.63, 3.8) is 0 Å². The zero-order valence-corrected chi connectivity index (χ0v) is 29.8.